The lowest BCUT2D eigenvalue weighted by Gasteiger charge is -2.22. The average molecular weight is 381 g/mol. The summed E-state index contributed by atoms with van der Waals surface area (Å²) in [6, 6.07) is 7.12. The van der Waals surface area contributed by atoms with Gasteiger partial charge in [0.25, 0.3) is 11.8 Å². The third-order valence-corrected chi connectivity index (χ3v) is 8.23. The molecule has 150 valence electrons. The number of carbonyl (C=O) groups excluding carboxylic acids is 2. The van der Waals surface area contributed by atoms with E-state index in [0.717, 1.165) is 36.8 Å². The summed E-state index contributed by atoms with van der Waals surface area (Å²) in [5, 5.41) is 6.23. The van der Waals surface area contributed by atoms with Gasteiger partial charge in [-0.05, 0) is 98.3 Å². The zero-order chi connectivity index (χ0) is 19.1. The van der Waals surface area contributed by atoms with E-state index in [9.17, 15) is 9.59 Å². The highest BCUT2D eigenvalue weighted by Gasteiger charge is 2.40. The Balaban J connectivity index is 1.10. The van der Waals surface area contributed by atoms with Crippen molar-refractivity contribution >= 4 is 11.8 Å². The molecule has 4 heteroatoms. The second-order valence-corrected chi connectivity index (χ2v) is 9.87. The predicted octanol–water partition coefficient (Wildman–Crippen LogP) is 4.02. The lowest BCUT2D eigenvalue weighted by molar-refractivity contribution is 0.0930. The van der Waals surface area contributed by atoms with Crippen LogP contribution < -0.4 is 10.6 Å². The molecule has 1 aromatic carbocycles. The van der Waals surface area contributed by atoms with Gasteiger partial charge in [0.1, 0.15) is 0 Å². The van der Waals surface area contributed by atoms with Crippen LogP contribution in [0.15, 0.2) is 24.3 Å². The summed E-state index contributed by atoms with van der Waals surface area (Å²) in [5.41, 5.74) is 1.29. The first-order valence-corrected chi connectivity index (χ1v) is 11.3. The number of hydrogen-bond acceptors (Lipinski definition) is 2. The summed E-state index contributed by atoms with van der Waals surface area (Å²) in [7, 11) is 0. The Morgan fingerprint density at radius 3 is 1.43 bits per heavy atom. The van der Waals surface area contributed by atoms with Crippen LogP contribution in [0.5, 0.6) is 0 Å². The van der Waals surface area contributed by atoms with Gasteiger partial charge < -0.3 is 10.6 Å². The summed E-state index contributed by atoms with van der Waals surface area (Å²) in [6.45, 7) is 1.59. The lowest BCUT2D eigenvalue weighted by Crippen LogP contribution is -2.32. The number of hydrogen-bond donors (Lipinski definition) is 2. The minimum Gasteiger partial charge on any atom is -0.352 e. The Hall–Kier alpha value is -1.84. The molecule has 5 rings (SSSR count). The van der Waals surface area contributed by atoms with E-state index in [4.69, 9.17) is 0 Å². The van der Waals surface area contributed by atoms with Gasteiger partial charge in [-0.2, -0.15) is 0 Å². The van der Waals surface area contributed by atoms with E-state index in [1.165, 1.54) is 51.4 Å². The minimum atomic E-state index is -0.0169. The van der Waals surface area contributed by atoms with Crippen molar-refractivity contribution in [2.45, 2.75) is 51.4 Å². The minimum absolute atomic E-state index is 0.0169. The fraction of sp³-hybridized carbons (Fsp3) is 0.667. The molecule has 0 saturated heterocycles. The van der Waals surface area contributed by atoms with E-state index in [-0.39, 0.29) is 11.8 Å². The molecule has 2 N–H and O–H groups in total. The van der Waals surface area contributed by atoms with Crippen LogP contribution in [0, 0.1) is 35.5 Å². The summed E-state index contributed by atoms with van der Waals surface area (Å²) in [4.78, 5) is 24.9. The van der Waals surface area contributed by atoms with Crippen LogP contribution in [-0.4, -0.2) is 24.9 Å². The van der Waals surface area contributed by atoms with E-state index in [2.05, 4.69) is 10.6 Å². The van der Waals surface area contributed by atoms with Crippen LogP contribution in [0.2, 0.25) is 0 Å². The van der Waals surface area contributed by atoms with Crippen LogP contribution in [0.1, 0.15) is 72.1 Å². The molecule has 0 heterocycles. The molecule has 4 bridgehead atoms. The van der Waals surface area contributed by atoms with Crippen molar-refractivity contribution < 1.29 is 9.59 Å². The highest BCUT2D eigenvalue weighted by molar-refractivity contribution is 5.97. The van der Waals surface area contributed by atoms with Gasteiger partial charge in [-0.1, -0.05) is 12.8 Å². The van der Waals surface area contributed by atoms with Crippen molar-refractivity contribution in [2.24, 2.45) is 35.5 Å². The quantitative estimate of drug-likeness (QED) is 0.783. The number of amides is 2. The topological polar surface area (TPSA) is 58.2 Å². The standard InChI is InChI=1S/C24H32N2O2/c27-23(25-13-21-11-15-1-3-19(21)9-15)17-5-7-18(8-6-17)24(28)26-14-22-12-16-2-4-20(22)10-16/h5-8,15-16,19-22H,1-4,9-14H2,(H,25,27)(H,26,28)/t15-,16-,19-,20-,21-,22+/m0/s1. The van der Waals surface area contributed by atoms with E-state index in [0.29, 0.717) is 23.0 Å². The molecular formula is C24H32N2O2. The Bertz CT molecular complexity index is 680. The molecular weight excluding hydrogens is 348 g/mol. The molecule has 6 atom stereocenters. The van der Waals surface area contributed by atoms with E-state index < -0.39 is 0 Å². The molecule has 4 aliphatic rings. The number of rotatable bonds is 6. The molecule has 1 aromatic rings. The lowest BCUT2D eigenvalue weighted by atomic mass is 9.89. The van der Waals surface area contributed by atoms with Crippen LogP contribution in [0.4, 0.5) is 0 Å². The van der Waals surface area contributed by atoms with Gasteiger partial charge in [0.15, 0.2) is 0 Å². The van der Waals surface area contributed by atoms with Crippen LogP contribution in [0.25, 0.3) is 0 Å². The summed E-state index contributed by atoms with van der Waals surface area (Å²) in [5.74, 6) is 4.76. The van der Waals surface area contributed by atoms with Crippen LogP contribution in [-0.2, 0) is 0 Å². The van der Waals surface area contributed by atoms with Gasteiger partial charge in [0.05, 0.1) is 0 Å². The molecule has 0 spiro atoms. The van der Waals surface area contributed by atoms with Gasteiger partial charge in [-0.3, -0.25) is 9.59 Å². The molecule has 2 amide bonds. The predicted molar refractivity (Wildman–Crippen MR) is 109 cm³/mol. The summed E-state index contributed by atoms with van der Waals surface area (Å²) in [6.07, 6.45) is 10.8. The Morgan fingerprint density at radius 1 is 0.679 bits per heavy atom. The van der Waals surface area contributed by atoms with Gasteiger partial charge in [0, 0.05) is 24.2 Å². The number of carbonyl (C=O) groups is 2. The first-order chi connectivity index (χ1) is 13.7. The molecule has 0 aliphatic heterocycles. The molecule has 28 heavy (non-hydrogen) atoms. The molecule has 0 radical (unpaired) electrons. The molecule has 4 nitrogen and oxygen atoms in total. The first kappa shape index (κ1) is 18.2. The maximum atomic E-state index is 12.5. The van der Waals surface area contributed by atoms with Crippen molar-refractivity contribution in [3.63, 3.8) is 0 Å². The molecule has 0 aromatic heterocycles. The molecule has 4 aliphatic carbocycles. The average Bonchev–Trinajstić information content (AvgIpc) is 3.52. The third kappa shape index (κ3) is 3.58. The van der Waals surface area contributed by atoms with Gasteiger partial charge in [0.2, 0.25) is 0 Å². The number of benzene rings is 1. The molecule has 0 unspecified atom stereocenters. The van der Waals surface area contributed by atoms with Gasteiger partial charge >= 0.3 is 0 Å². The van der Waals surface area contributed by atoms with Gasteiger partial charge in [-0.15, -0.1) is 0 Å². The normalized spacial score (nSPS) is 35.3. The molecule has 4 saturated carbocycles. The molecule has 4 fully saturated rings. The summed E-state index contributed by atoms with van der Waals surface area (Å²) < 4.78 is 0. The third-order valence-electron chi connectivity index (χ3n) is 8.23. The van der Waals surface area contributed by atoms with E-state index in [1.54, 1.807) is 24.3 Å². The first-order valence-electron chi connectivity index (χ1n) is 11.3. The van der Waals surface area contributed by atoms with Crippen molar-refractivity contribution in [2.75, 3.05) is 13.1 Å². The number of fused-ring (bicyclic) bond motifs is 4. The van der Waals surface area contributed by atoms with E-state index in [1.807, 2.05) is 0 Å². The Kier molecular flexibility index (Phi) is 4.90. The van der Waals surface area contributed by atoms with Crippen molar-refractivity contribution in [3.8, 4) is 0 Å². The van der Waals surface area contributed by atoms with Gasteiger partial charge in [-0.25, -0.2) is 0 Å². The zero-order valence-corrected chi connectivity index (χ0v) is 16.7. The SMILES string of the molecule is O=C(NC[C@@H]1C[C@H]2CC[C@H]1C2)c1ccc(C(=O)NC[C@H]2C[C@H]3CC[C@H]2C3)cc1. The zero-order valence-electron chi connectivity index (χ0n) is 16.7. The Morgan fingerprint density at radius 2 is 1.11 bits per heavy atom. The van der Waals surface area contributed by atoms with E-state index >= 15 is 0 Å². The Labute approximate surface area is 167 Å². The van der Waals surface area contributed by atoms with Crippen molar-refractivity contribution in [1.82, 2.24) is 10.6 Å². The summed E-state index contributed by atoms with van der Waals surface area (Å²) >= 11 is 0. The fourth-order valence-electron chi connectivity index (χ4n) is 6.68. The fourth-order valence-corrected chi connectivity index (χ4v) is 6.68. The highest BCUT2D eigenvalue weighted by atomic mass is 16.2. The van der Waals surface area contributed by atoms with Crippen molar-refractivity contribution in [3.05, 3.63) is 35.4 Å². The van der Waals surface area contributed by atoms with Crippen LogP contribution in [0.3, 0.4) is 0 Å². The number of nitrogens with one attached hydrogen (secondary N) is 2. The largest absolute Gasteiger partial charge is 0.352 e. The monoisotopic (exact) mass is 380 g/mol. The highest BCUT2D eigenvalue weighted by Crippen LogP contribution is 2.48. The van der Waals surface area contributed by atoms with Crippen molar-refractivity contribution in [1.29, 1.82) is 0 Å². The smallest absolute Gasteiger partial charge is 0.251 e. The van der Waals surface area contributed by atoms with Crippen LogP contribution >= 0.6 is 0 Å². The maximum Gasteiger partial charge on any atom is 0.251 e. The maximum absolute atomic E-state index is 12.5. The second kappa shape index (κ2) is 7.53. The second-order valence-electron chi connectivity index (χ2n) is 9.87.